The number of aryl methyl sites for hydroxylation is 2. The Morgan fingerprint density at radius 3 is 2.48 bits per heavy atom. The molecule has 0 bridgehead atoms. The Morgan fingerprint density at radius 2 is 1.85 bits per heavy atom. The van der Waals surface area contributed by atoms with Crippen LogP contribution in [0, 0.1) is 13.8 Å². The maximum absolute atomic E-state index is 12.9. The molecule has 5 heteroatoms. The van der Waals surface area contributed by atoms with Gasteiger partial charge in [-0.25, -0.2) is 0 Å². The summed E-state index contributed by atoms with van der Waals surface area (Å²) in [6.45, 7) is 8.23. The molecule has 1 atom stereocenters. The Kier molecular flexibility index (Phi) is 6.02. The van der Waals surface area contributed by atoms with E-state index in [4.69, 9.17) is 17.0 Å². The number of benzene rings is 2. The van der Waals surface area contributed by atoms with Crippen LogP contribution in [0.1, 0.15) is 37.0 Å². The lowest BCUT2D eigenvalue weighted by Gasteiger charge is -2.16. The van der Waals surface area contributed by atoms with Crippen LogP contribution < -0.4 is 9.64 Å². The van der Waals surface area contributed by atoms with Crippen molar-refractivity contribution >= 4 is 46.0 Å². The van der Waals surface area contributed by atoms with Crippen LogP contribution in [0.2, 0.25) is 0 Å². The number of thioether (sulfide) groups is 1. The van der Waals surface area contributed by atoms with Crippen molar-refractivity contribution in [2.24, 2.45) is 0 Å². The van der Waals surface area contributed by atoms with Crippen LogP contribution in [0.5, 0.6) is 5.75 Å². The van der Waals surface area contributed by atoms with Gasteiger partial charge in [-0.3, -0.25) is 9.69 Å². The molecule has 140 valence electrons. The normalized spacial score (nSPS) is 16.9. The van der Waals surface area contributed by atoms with Gasteiger partial charge in [0.15, 0.2) is 4.32 Å². The molecule has 0 aliphatic carbocycles. The zero-order chi connectivity index (χ0) is 19.6. The fourth-order valence-electron chi connectivity index (χ4n) is 2.66. The predicted octanol–water partition coefficient (Wildman–Crippen LogP) is 5.89. The fourth-order valence-corrected chi connectivity index (χ4v) is 3.96. The van der Waals surface area contributed by atoms with Crippen molar-refractivity contribution in [1.29, 1.82) is 0 Å². The van der Waals surface area contributed by atoms with Crippen LogP contribution in [-0.4, -0.2) is 16.3 Å². The minimum Gasteiger partial charge on any atom is -0.491 e. The minimum absolute atomic E-state index is 0.0758. The molecule has 1 amide bonds. The molecule has 1 fully saturated rings. The molecule has 0 unspecified atom stereocenters. The number of anilines is 1. The summed E-state index contributed by atoms with van der Waals surface area (Å²) < 4.78 is 6.36. The number of nitrogens with zero attached hydrogens (tertiary/aromatic N) is 1. The zero-order valence-electron chi connectivity index (χ0n) is 16.0. The van der Waals surface area contributed by atoms with Crippen molar-refractivity contribution in [3.05, 3.63) is 64.1 Å². The van der Waals surface area contributed by atoms with Crippen molar-refractivity contribution in [2.75, 3.05) is 4.90 Å². The van der Waals surface area contributed by atoms with E-state index in [0.29, 0.717) is 9.23 Å². The number of amides is 1. The van der Waals surface area contributed by atoms with Gasteiger partial charge in [0.2, 0.25) is 0 Å². The van der Waals surface area contributed by atoms with Gasteiger partial charge in [-0.15, -0.1) is 0 Å². The Hall–Kier alpha value is -2.11. The van der Waals surface area contributed by atoms with Gasteiger partial charge in [0.05, 0.1) is 16.7 Å². The molecule has 2 aromatic rings. The molecule has 2 aromatic carbocycles. The van der Waals surface area contributed by atoms with Crippen molar-refractivity contribution < 1.29 is 9.53 Å². The third-order valence-corrected chi connectivity index (χ3v) is 5.93. The van der Waals surface area contributed by atoms with Crippen molar-refractivity contribution in [1.82, 2.24) is 0 Å². The number of hydrogen-bond donors (Lipinski definition) is 0. The molecule has 1 aliphatic heterocycles. The molecule has 1 saturated heterocycles. The van der Waals surface area contributed by atoms with E-state index in [1.807, 2.05) is 62.4 Å². The average molecular weight is 398 g/mol. The summed E-state index contributed by atoms with van der Waals surface area (Å²) >= 11 is 6.80. The lowest BCUT2D eigenvalue weighted by atomic mass is 10.1. The molecular formula is C22H23NO2S2. The van der Waals surface area contributed by atoms with Gasteiger partial charge in [0, 0.05) is 0 Å². The van der Waals surface area contributed by atoms with Crippen molar-refractivity contribution in [3.8, 4) is 5.75 Å². The Labute approximate surface area is 170 Å². The average Bonchev–Trinajstić information content (AvgIpc) is 2.92. The van der Waals surface area contributed by atoms with Gasteiger partial charge < -0.3 is 4.74 Å². The molecule has 0 saturated carbocycles. The van der Waals surface area contributed by atoms with E-state index in [-0.39, 0.29) is 12.0 Å². The number of ether oxygens (including phenoxy) is 1. The summed E-state index contributed by atoms with van der Waals surface area (Å²) in [5.41, 5.74) is 4.11. The highest BCUT2D eigenvalue weighted by Crippen LogP contribution is 2.36. The van der Waals surface area contributed by atoms with E-state index in [1.165, 1.54) is 17.3 Å². The van der Waals surface area contributed by atoms with Gasteiger partial charge >= 0.3 is 0 Å². The van der Waals surface area contributed by atoms with Gasteiger partial charge in [0.25, 0.3) is 5.91 Å². The van der Waals surface area contributed by atoms with Crippen LogP contribution in [0.3, 0.4) is 0 Å². The predicted molar refractivity (Wildman–Crippen MR) is 118 cm³/mol. The number of thiocarbonyl (C=S) groups is 1. The van der Waals surface area contributed by atoms with E-state index in [1.54, 1.807) is 4.90 Å². The molecule has 1 aliphatic rings. The van der Waals surface area contributed by atoms with Crippen LogP contribution in [0.4, 0.5) is 5.69 Å². The Morgan fingerprint density at radius 1 is 1.15 bits per heavy atom. The maximum Gasteiger partial charge on any atom is 0.270 e. The first-order chi connectivity index (χ1) is 12.9. The second kappa shape index (κ2) is 8.28. The Bertz CT molecular complexity index is 903. The molecule has 0 aromatic heterocycles. The quantitative estimate of drug-likeness (QED) is 0.465. The summed E-state index contributed by atoms with van der Waals surface area (Å²) in [6.07, 6.45) is 3.03. The monoisotopic (exact) mass is 397 g/mol. The number of rotatable bonds is 5. The molecule has 3 rings (SSSR count). The molecule has 0 N–H and O–H groups in total. The second-order valence-corrected chi connectivity index (χ2v) is 8.37. The van der Waals surface area contributed by atoms with E-state index < -0.39 is 0 Å². The maximum atomic E-state index is 12.9. The summed E-state index contributed by atoms with van der Waals surface area (Å²) in [5, 5.41) is 0. The Balaban J connectivity index is 1.80. The van der Waals surface area contributed by atoms with E-state index in [0.717, 1.165) is 29.0 Å². The standard InChI is InChI=1S/C22H23NO2S2/c1-5-16(4)25-19-10-7-17(8-11-19)13-20-21(24)23(22(26)27-20)18-9-6-14(2)15(3)12-18/h6-13,16H,5H2,1-4H3/b20-13+/t16-/m0/s1. The number of hydrogen-bond acceptors (Lipinski definition) is 4. The van der Waals surface area contributed by atoms with Crippen molar-refractivity contribution in [2.45, 2.75) is 40.2 Å². The third-order valence-electron chi connectivity index (χ3n) is 4.63. The highest BCUT2D eigenvalue weighted by Gasteiger charge is 2.33. The molecule has 1 heterocycles. The lowest BCUT2D eigenvalue weighted by Crippen LogP contribution is -2.27. The molecular weight excluding hydrogens is 374 g/mol. The van der Waals surface area contributed by atoms with Gasteiger partial charge in [-0.2, -0.15) is 0 Å². The molecule has 27 heavy (non-hydrogen) atoms. The van der Waals surface area contributed by atoms with Gasteiger partial charge in [0.1, 0.15) is 5.75 Å². The highest BCUT2D eigenvalue weighted by molar-refractivity contribution is 8.27. The van der Waals surface area contributed by atoms with E-state index in [2.05, 4.69) is 13.8 Å². The first-order valence-corrected chi connectivity index (χ1v) is 10.2. The third kappa shape index (κ3) is 4.42. The topological polar surface area (TPSA) is 29.5 Å². The first kappa shape index (κ1) is 19.6. The lowest BCUT2D eigenvalue weighted by molar-refractivity contribution is -0.113. The SMILES string of the molecule is CC[C@H](C)Oc1ccc(/C=C2/SC(=S)N(c3ccc(C)c(C)c3)C2=O)cc1. The summed E-state index contributed by atoms with van der Waals surface area (Å²) in [7, 11) is 0. The van der Waals surface area contributed by atoms with E-state index in [9.17, 15) is 4.79 Å². The van der Waals surface area contributed by atoms with Crippen LogP contribution >= 0.6 is 24.0 Å². The van der Waals surface area contributed by atoms with Gasteiger partial charge in [-0.05, 0) is 74.2 Å². The number of carbonyl (C=O) groups is 1. The molecule has 3 nitrogen and oxygen atoms in total. The van der Waals surface area contributed by atoms with Crippen LogP contribution in [0.25, 0.3) is 6.08 Å². The molecule has 0 radical (unpaired) electrons. The smallest absolute Gasteiger partial charge is 0.270 e. The second-order valence-electron chi connectivity index (χ2n) is 6.69. The fraction of sp³-hybridized carbons (Fsp3) is 0.273. The highest BCUT2D eigenvalue weighted by atomic mass is 32.2. The minimum atomic E-state index is -0.0758. The van der Waals surface area contributed by atoms with E-state index >= 15 is 0 Å². The summed E-state index contributed by atoms with van der Waals surface area (Å²) in [5.74, 6) is 0.761. The summed E-state index contributed by atoms with van der Waals surface area (Å²) in [4.78, 5) is 15.1. The largest absolute Gasteiger partial charge is 0.491 e. The summed E-state index contributed by atoms with van der Waals surface area (Å²) in [6, 6.07) is 13.7. The zero-order valence-corrected chi connectivity index (χ0v) is 17.6. The molecule has 0 spiro atoms. The number of carbonyl (C=O) groups excluding carboxylic acids is 1. The van der Waals surface area contributed by atoms with Crippen molar-refractivity contribution in [3.63, 3.8) is 0 Å². The van der Waals surface area contributed by atoms with Gasteiger partial charge in [-0.1, -0.05) is 49.1 Å². The first-order valence-electron chi connectivity index (χ1n) is 9.01. The van der Waals surface area contributed by atoms with Crippen LogP contribution in [-0.2, 0) is 4.79 Å². The van der Waals surface area contributed by atoms with Crippen LogP contribution in [0.15, 0.2) is 47.4 Å².